The van der Waals surface area contributed by atoms with E-state index >= 15 is 0 Å². The third-order valence-corrected chi connectivity index (χ3v) is 5.79. The van der Waals surface area contributed by atoms with E-state index in [1.807, 2.05) is 17.9 Å². The van der Waals surface area contributed by atoms with Crippen LogP contribution >= 0.6 is 0 Å². The number of hydrogen-bond acceptors (Lipinski definition) is 5. The molecule has 0 bridgehead atoms. The van der Waals surface area contributed by atoms with Crippen molar-refractivity contribution in [2.45, 2.75) is 38.3 Å². The molecule has 25 heavy (non-hydrogen) atoms. The predicted octanol–water partition coefficient (Wildman–Crippen LogP) is 1.38. The van der Waals surface area contributed by atoms with Gasteiger partial charge >= 0.3 is 0 Å². The molecule has 1 unspecified atom stereocenters. The van der Waals surface area contributed by atoms with Crippen molar-refractivity contribution < 1.29 is 4.79 Å². The Morgan fingerprint density at radius 2 is 2.12 bits per heavy atom. The number of carbonyl (C=O) groups is 1. The second-order valence-corrected chi connectivity index (χ2v) is 7.32. The highest BCUT2D eigenvalue weighted by atomic mass is 16.2. The van der Waals surface area contributed by atoms with Crippen LogP contribution in [0.2, 0.25) is 0 Å². The van der Waals surface area contributed by atoms with Crippen LogP contribution in [0.5, 0.6) is 0 Å². The third-order valence-electron chi connectivity index (χ3n) is 5.79. The summed E-state index contributed by atoms with van der Waals surface area (Å²) >= 11 is 0. The van der Waals surface area contributed by atoms with E-state index in [1.54, 1.807) is 12.4 Å². The van der Waals surface area contributed by atoms with Gasteiger partial charge in [0, 0.05) is 43.8 Å². The largest absolute Gasteiger partial charge is 0.347 e. The Hall–Kier alpha value is -2.28. The normalized spacial score (nSPS) is 22.5. The van der Waals surface area contributed by atoms with E-state index in [0.29, 0.717) is 5.69 Å². The molecule has 1 N–H and O–H groups in total. The fraction of sp³-hybridized carbons (Fsp3) is 0.556. The summed E-state index contributed by atoms with van der Waals surface area (Å²) in [6, 6.07) is 0.266. The van der Waals surface area contributed by atoms with Gasteiger partial charge in [0.1, 0.15) is 5.69 Å². The van der Waals surface area contributed by atoms with Crippen molar-refractivity contribution in [1.29, 1.82) is 0 Å². The lowest BCUT2D eigenvalue weighted by Gasteiger charge is -2.54. The van der Waals surface area contributed by atoms with E-state index in [4.69, 9.17) is 0 Å². The Bertz CT molecular complexity index is 735. The van der Waals surface area contributed by atoms with Gasteiger partial charge < -0.3 is 5.32 Å². The van der Waals surface area contributed by atoms with Gasteiger partial charge in [-0.1, -0.05) is 0 Å². The van der Waals surface area contributed by atoms with Gasteiger partial charge in [0.2, 0.25) is 0 Å². The summed E-state index contributed by atoms with van der Waals surface area (Å²) in [5.41, 5.74) is 1.93. The zero-order valence-corrected chi connectivity index (χ0v) is 14.6. The molecule has 7 heteroatoms. The molecule has 132 valence electrons. The molecule has 3 heterocycles. The molecule has 0 radical (unpaired) electrons. The van der Waals surface area contributed by atoms with E-state index in [1.165, 1.54) is 18.2 Å². The zero-order chi connectivity index (χ0) is 17.3. The molecule has 2 aliphatic rings. The van der Waals surface area contributed by atoms with Crippen LogP contribution in [0.25, 0.3) is 0 Å². The average Bonchev–Trinajstić information content (AvgIpc) is 3.05. The summed E-state index contributed by atoms with van der Waals surface area (Å²) in [4.78, 5) is 22.9. The highest BCUT2D eigenvalue weighted by Gasteiger charge is 2.48. The minimum atomic E-state index is -0.102. The second-order valence-electron chi connectivity index (χ2n) is 7.32. The van der Waals surface area contributed by atoms with Gasteiger partial charge in [-0.05, 0) is 44.2 Å². The summed E-state index contributed by atoms with van der Waals surface area (Å²) in [5, 5.41) is 7.43. The Morgan fingerprint density at radius 3 is 2.72 bits per heavy atom. The molecule has 2 fully saturated rings. The maximum atomic E-state index is 12.3. The molecule has 4 rings (SSSR count). The molecule has 1 saturated carbocycles. The van der Waals surface area contributed by atoms with Crippen molar-refractivity contribution in [2.75, 3.05) is 13.1 Å². The molecule has 1 aliphatic heterocycles. The molecular formula is C18H24N6O. The number of aryl methyl sites for hydroxylation is 1. The predicted molar refractivity (Wildman–Crippen MR) is 92.7 cm³/mol. The first-order valence-electron chi connectivity index (χ1n) is 8.91. The third kappa shape index (κ3) is 3.28. The molecule has 2 aromatic rings. The van der Waals surface area contributed by atoms with Gasteiger partial charge in [0.05, 0.1) is 12.4 Å². The summed E-state index contributed by atoms with van der Waals surface area (Å²) in [6.07, 6.45) is 13.2. The summed E-state index contributed by atoms with van der Waals surface area (Å²) in [7, 11) is 1.95. The van der Waals surface area contributed by atoms with Crippen molar-refractivity contribution >= 4 is 5.91 Å². The standard InChI is InChI=1S/C18H24N6O/c1-23-12-14(10-21-23)13-24-8-4-18(5-9-24)3-2-16(18)22-17(25)15-11-19-6-7-20-15/h6-7,10-12,16H,2-5,8-9,13H2,1H3,(H,22,25). The molecule has 1 saturated heterocycles. The summed E-state index contributed by atoms with van der Waals surface area (Å²) in [6.45, 7) is 3.11. The number of nitrogens with one attached hydrogen (secondary N) is 1. The van der Waals surface area contributed by atoms with Crippen LogP contribution in [-0.4, -0.2) is 49.7 Å². The Labute approximate surface area is 147 Å². The summed E-state index contributed by atoms with van der Waals surface area (Å²) in [5.74, 6) is -0.102. The molecular weight excluding hydrogens is 316 g/mol. The van der Waals surface area contributed by atoms with Crippen LogP contribution in [0.1, 0.15) is 41.7 Å². The van der Waals surface area contributed by atoms with E-state index in [-0.39, 0.29) is 17.4 Å². The Kier molecular flexibility index (Phi) is 4.25. The number of rotatable bonds is 4. The maximum absolute atomic E-state index is 12.3. The first kappa shape index (κ1) is 16.2. The topological polar surface area (TPSA) is 75.9 Å². The zero-order valence-electron chi connectivity index (χ0n) is 14.6. The highest BCUT2D eigenvalue weighted by molar-refractivity contribution is 5.92. The number of carbonyl (C=O) groups excluding carboxylic acids is 1. The van der Waals surface area contributed by atoms with Crippen LogP contribution in [0.4, 0.5) is 0 Å². The Morgan fingerprint density at radius 1 is 1.28 bits per heavy atom. The minimum Gasteiger partial charge on any atom is -0.347 e. The van der Waals surface area contributed by atoms with E-state index in [2.05, 4.69) is 31.5 Å². The summed E-state index contributed by atoms with van der Waals surface area (Å²) < 4.78 is 1.85. The fourth-order valence-electron chi connectivity index (χ4n) is 4.14. The maximum Gasteiger partial charge on any atom is 0.271 e. The molecule has 1 spiro atoms. The van der Waals surface area contributed by atoms with Crippen LogP contribution in [0.15, 0.2) is 31.0 Å². The lowest BCUT2D eigenvalue weighted by molar-refractivity contribution is -0.00719. The van der Waals surface area contributed by atoms with E-state index < -0.39 is 0 Å². The first-order chi connectivity index (χ1) is 12.1. The molecule has 0 aromatic carbocycles. The molecule has 2 aromatic heterocycles. The van der Waals surface area contributed by atoms with Crippen LogP contribution in [0, 0.1) is 5.41 Å². The number of aromatic nitrogens is 4. The van der Waals surface area contributed by atoms with E-state index in [0.717, 1.165) is 38.9 Å². The van der Waals surface area contributed by atoms with Crippen LogP contribution in [0.3, 0.4) is 0 Å². The molecule has 1 aliphatic carbocycles. The monoisotopic (exact) mass is 340 g/mol. The quantitative estimate of drug-likeness (QED) is 0.910. The van der Waals surface area contributed by atoms with E-state index in [9.17, 15) is 4.79 Å². The second kappa shape index (κ2) is 6.55. The fourth-order valence-corrected chi connectivity index (χ4v) is 4.14. The number of piperidine rings is 1. The number of nitrogens with zero attached hydrogens (tertiary/aromatic N) is 5. The van der Waals surface area contributed by atoms with Gasteiger partial charge in [-0.2, -0.15) is 5.10 Å². The smallest absolute Gasteiger partial charge is 0.271 e. The van der Waals surface area contributed by atoms with Crippen molar-refractivity contribution in [1.82, 2.24) is 30.0 Å². The van der Waals surface area contributed by atoms with Crippen LogP contribution < -0.4 is 5.32 Å². The highest BCUT2D eigenvalue weighted by Crippen LogP contribution is 2.49. The number of hydrogen-bond donors (Lipinski definition) is 1. The lowest BCUT2D eigenvalue weighted by Crippen LogP contribution is -2.59. The minimum absolute atomic E-state index is 0.102. The lowest BCUT2D eigenvalue weighted by atomic mass is 9.59. The van der Waals surface area contributed by atoms with Crippen molar-refractivity contribution in [3.8, 4) is 0 Å². The molecule has 7 nitrogen and oxygen atoms in total. The number of amides is 1. The van der Waals surface area contributed by atoms with Gasteiger partial charge in [-0.3, -0.25) is 19.4 Å². The van der Waals surface area contributed by atoms with Crippen molar-refractivity contribution in [2.24, 2.45) is 12.5 Å². The molecule has 1 amide bonds. The number of likely N-dealkylation sites (tertiary alicyclic amines) is 1. The van der Waals surface area contributed by atoms with Gasteiger partial charge in [-0.15, -0.1) is 0 Å². The SMILES string of the molecule is Cn1cc(CN2CCC3(CCC3NC(=O)c3cnccn3)CC2)cn1. The van der Waals surface area contributed by atoms with Gasteiger partial charge in [0.15, 0.2) is 0 Å². The Balaban J connectivity index is 1.32. The average molecular weight is 340 g/mol. The van der Waals surface area contributed by atoms with Gasteiger partial charge in [-0.25, -0.2) is 4.98 Å². The van der Waals surface area contributed by atoms with Crippen molar-refractivity contribution in [3.05, 3.63) is 42.2 Å². The molecule has 1 atom stereocenters. The first-order valence-corrected chi connectivity index (χ1v) is 8.91. The van der Waals surface area contributed by atoms with Crippen molar-refractivity contribution in [3.63, 3.8) is 0 Å². The van der Waals surface area contributed by atoms with Crippen LogP contribution in [-0.2, 0) is 13.6 Å². The van der Waals surface area contributed by atoms with Gasteiger partial charge in [0.25, 0.3) is 5.91 Å².